The lowest BCUT2D eigenvalue weighted by atomic mass is 10.1. The van der Waals surface area contributed by atoms with Gasteiger partial charge in [-0.1, -0.05) is 0 Å². The van der Waals surface area contributed by atoms with E-state index in [0.717, 1.165) is 0 Å². The third-order valence-electron chi connectivity index (χ3n) is 1.27. The minimum atomic E-state index is -1.12. The first-order chi connectivity index (χ1) is 5.95. The number of rotatable bonds is 5. The zero-order chi connectivity index (χ0) is 10.4. The second-order valence-electron chi connectivity index (χ2n) is 2.36. The minimum absolute atomic E-state index is 0.419. The smallest absolute Gasteiger partial charge is 0.319 e. The maximum absolute atomic E-state index is 10.9. The number of carboxylic acid groups (broad SMARTS) is 1. The summed E-state index contributed by atoms with van der Waals surface area (Å²) in [7, 11) is 0. The van der Waals surface area contributed by atoms with E-state index in [1.54, 1.807) is 0 Å². The average molecular weight is 189 g/mol. The quantitative estimate of drug-likeness (QED) is 0.289. The molecule has 0 fully saturated rings. The molecule has 74 valence electrons. The predicted molar refractivity (Wildman–Crippen MR) is 42.1 cm³/mol. The van der Waals surface area contributed by atoms with Crippen LogP contribution in [0.25, 0.3) is 0 Å². The summed E-state index contributed by atoms with van der Waals surface area (Å²) in [5.41, 5.74) is 8.96. The van der Waals surface area contributed by atoms with Gasteiger partial charge in [0.1, 0.15) is 12.5 Å². The molecule has 0 aromatic carbocycles. The number of nitrogens with one attached hydrogen (secondary N) is 2. The summed E-state index contributed by atoms with van der Waals surface area (Å²) in [6.45, 7) is 0.900. The monoisotopic (exact) mass is 189 g/mol. The second-order valence-corrected chi connectivity index (χ2v) is 2.36. The summed E-state index contributed by atoms with van der Waals surface area (Å²) in [5.74, 6) is -3.53. The van der Waals surface area contributed by atoms with Crippen LogP contribution in [-0.2, 0) is 14.4 Å². The van der Waals surface area contributed by atoms with Gasteiger partial charge in [-0.2, -0.15) is 0 Å². The van der Waals surface area contributed by atoms with Crippen molar-refractivity contribution in [3.63, 3.8) is 0 Å². The lowest BCUT2D eigenvalue weighted by Crippen LogP contribution is -2.45. The fraction of sp³-hybridized carbons (Fsp3) is 0.500. The van der Waals surface area contributed by atoms with Gasteiger partial charge >= 0.3 is 5.97 Å². The van der Waals surface area contributed by atoms with Gasteiger partial charge in [0.2, 0.25) is 11.8 Å². The predicted octanol–water partition coefficient (Wildman–Crippen LogP) is -2.19. The molecule has 0 aromatic heterocycles. The van der Waals surface area contributed by atoms with Crippen molar-refractivity contribution < 1.29 is 19.5 Å². The van der Waals surface area contributed by atoms with E-state index in [-0.39, 0.29) is 0 Å². The molecular formula is C6H11N3O4. The van der Waals surface area contributed by atoms with Crippen molar-refractivity contribution in [1.29, 1.82) is 0 Å². The van der Waals surface area contributed by atoms with Crippen LogP contribution in [0, 0.1) is 5.92 Å². The van der Waals surface area contributed by atoms with Crippen LogP contribution < -0.4 is 16.6 Å². The highest BCUT2D eigenvalue weighted by atomic mass is 16.4. The van der Waals surface area contributed by atoms with Crippen LogP contribution >= 0.6 is 0 Å². The molecule has 1 atom stereocenters. The Morgan fingerprint density at radius 2 is 2.00 bits per heavy atom. The van der Waals surface area contributed by atoms with Gasteiger partial charge in [-0.25, -0.2) is 5.43 Å². The SMILES string of the molecule is CC(C(N)=O)C(=O)NNCC(=O)O. The van der Waals surface area contributed by atoms with Crippen LogP contribution in [0.5, 0.6) is 0 Å². The van der Waals surface area contributed by atoms with E-state index in [2.05, 4.69) is 5.43 Å². The van der Waals surface area contributed by atoms with E-state index in [0.29, 0.717) is 0 Å². The van der Waals surface area contributed by atoms with E-state index >= 15 is 0 Å². The molecule has 0 aliphatic rings. The standard InChI is InChI=1S/C6H11N3O4/c1-3(5(7)12)6(13)9-8-2-4(10)11/h3,8H,2H2,1H3,(H2,7,12)(H,9,13)(H,10,11). The molecule has 1 unspecified atom stereocenters. The minimum Gasteiger partial charge on any atom is -0.480 e. The topological polar surface area (TPSA) is 122 Å². The number of amides is 2. The van der Waals surface area contributed by atoms with Crippen molar-refractivity contribution in [2.24, 2.45) is 11.7 Å². The molecule has 0 radical (unpaired) electrons. The number of nitrogens with two attached hydrogens (primary N) is 1. The Balaban J connectivity index is 3.75. The summed E-state index contributed by atoms with van der Waals surface area (Å²) in [4.78, 5) is 31.3. The van der Waals surface area contributed by atoms with Crippen LogP contribution in [0.2, 0.25) is 0 Å². The van der Waals surface area contributed by atoms with Gasteiger partial charge in [0.25, 0.3) is 0 Å². The molecule has 7 heteroatoms. The summed E-state index contributed by atoms with van der Waals surface area (Å²) in [6, 6.07) is 0. The van der Waals surface area contributed by atoms with Crippen molar-refractivity contribution in [3.05, 3.63) is 0 Å². The number of carboxylic acids is 1. The van der Waals surface area contributed by atoms with Crippen molar-refractivity contribution in [2.45, 2.75) is 6.92 Å². The molecule has 5 N–H and O–H groups in total. The molecular weight excluding hydrogens is 178 g/mol. The highest BCUT2D eigenvalue weighted by Gasteiger charge is 2.17. The van der Waals surface area contributed by atoms with Crippen molar-refractivity contribution in [2.75, 3.05) is 6.54 Å². The largest absolute Gasteiger partial charge is 0.480 e. The molecule has 0 aromatic rings. The maximum Gasteiger partial charge on any atom is 0.319 e. The Bertz CT molecular complexity index is 228. The van der Waals surface area contributed by atoms with E-state index < -0.39 is 30.2 Å². The van der Waals surface area contributed by atoms with Crippen molar-refractivity contribution in [1.82, 2.24) is 10.9 Å². The van der Waals surface area contributed by atoms with Crippen LogP contribution in [0.4, 0.5) is 0 Å². The van der Waals surface area contributed by atoms with E-state index in [4.69, 9.17) is 10.8 Å². The number of aliphatic carboxylic acids is 1. The van der Waals surface area contributed by atoms with Crippen molar-refractivity contribution >= 4 is 17.8 Å². The van der Waals surface area contributed by atoms with Crippen LogP contribution in [0.15, 0.2) is 0 Å². The molecule has 2 amide bonds. The molecule has 0 saturated heterocycles. The zero-order valence-corrected chi connectivity index (χ0v) is 7.03. The lowest BCUT2D eigenvalue weighted by Gasteiger charge is -2.08. The Kier molecular flexibility index (Phi) is 4.45. The number of carbonyl (C=O) groups excluding carboxylic acids is 2. The van der Waals surface area contributed by atoms with Crippen LogP contribution in [0.1, 0.15) is 6.92 Å². The third-order valence-corrected chi connectivity index (χ3v) is 1.27. The van der Waals surface area contributed by atoms with Gasteiger partial charge in [0.05, 0.1) is 0 Å². The molecule has 0 aliphatic heterocycles. The summed E-state index contributed by atoms with van der Waals surface area (Å²) in [6.07, 6.45) is 0. The van der Waals surface area contributed by atoms with E-state index in [1.807, 2.05) is 5.43 Å². The Labute approximate surface area is 74.3 Å². The number of hydrogen-bond donors (Lipinski definition) is 4. The number of hydrogen-bond acceptors (Lipinski definition) is 4. The zero-order valence-electron chi connectivity index (χ0n) is 7.03. The molecule has 7 nitrogen and oxygen atoms in total. The third kappa shape index (κ3) is 4.75. The van der Waals surface area contributed by atoms with Crippen LogP contribution in [-0.4, -0.2) is 29.4 Å². The molecule has 0 rings (SSSR count). The number of carbonyl (C=O) groups is 3. The fourth-order valence-corrected chi connectivity index (χ4v) is 0.444. The van der Waals surface area contributed by atoms with E-state index in [9.17, 15) is 14.4 Å². The molecule has 0 aliphatic carbocycles. The van der Waals surface area contributed by atoms with Gasteiger partial charge in [-0.3, -0.25) is 19.8 Å². The summed E-state index contributed by atoms with van der Waals surface area (Å²) >= 11 is 0. The number of hydrazine groups is 1. The van der Waals surface area contributed by atoms with Crippen molar-refractivity contribution in [3.8, 4) is 0 Å². The average Bonchev–Trinajstić information content (AvgIpc) is 2.02. The lowest BCUT2D eigenvalue weighted by molar-refractivity contribution is -0.136. The molecule has 13 heavy (non-hydrogen) atoms. The molecule has 0 bridgehead atoms. The first-order valence-electron chi connectivity index (χ1n) is 3.49. The second kappa shape index (κ2) is 5.09. The van der Waals surface area contributed by atoms with E-state index in [1.165, 1.54) is 6.92 Å². The van der Waals surface area contributed by atoms with Gasteiger partial charge < -0.3 is 10.8 Å². The Hall–Kier alpha value is -1.63. The maximum atomic E-state index is 10.9. The fourth-order valence-electron chi connectivity index (χ4n) is 0.444. The van der Waals surface area contributed by atoms with Gasteiger partial charge in [-0.05, 0) is 6.92 Å². The summed E-state index contributed by atoms with van der Waals surface area (Å²) in [5, 5.41) is 8.17. The first-order valence-corrected chi connectivity index (χ1v) is 3.49. The highest BCUT2D eigenvalue weighted by molar-refractivity contribution is 5.98. The first kappa shape index (κ1) is 11.4. The number of primary amides is 1. The molecule has 0 spiro atoms. The summed E-state index contributed by atoms with van der Waals surface area (Å²) < 4.78 is 0. The Morgan fingerprint density at radius 3 is 2.38 bits per heavy atom. The molecule has 0 heterocycles. The van der Waals surface area contributed by atoms with Gasteiger partial charge in [0.15, 0.2) is 0 Å². The van der Waals surface area contributed by atoms with Gasteiger partial charge in [0, 0.05) is 0 Å². The highest BCUT2D eigenvalue weighted by Crippen LogP contribution is 1.90. The molecule has 0 saturated carbocycles. The van der Waals surface area contributed by atoms with Gasteiger partial charge in [-0.15, -0.1) is 0 Å². The normalized spacial score (nSPS) is 11.8. The Morgan fingerprint density at radius 1 is 1.46 bits per heavy atom. The van der Waals surface area contributed by atoms with Crippen LogP contribution in [0.3, 0.4) is 0 Å².